The van der Waals surface area contributed by atoms with Gasteiger partial charge in [0, 0.05) is 36.0 Å². The fraction of sp³-hybridized carbons (Fsp3) is 0.471. The van der Waals surface area contributed by atoms with Crippen molar-refractivity contribution in [2.45, 2.75) is 20.0 Å². The van der Waals surface area contributed by atoms with E-state index >= 15 is 0 Å². The number of anilines is 1. The number of halogens is 1. The number of aliphatic hydroxyl groups is 1. The van der Waals surface area contributed by atoms with Crippen molar-refractivity contribution in [1.82, 2.24) is 15.0 Å². The van der Waals surface area contributed by atoms with Crippen molar-refractivity contribution in [3.63, 3.8) is 0 Å². The Hall–Kier alpha value is -1.96. The molecule has 2 N–H and O–H groups in total. The summed E-state index contributed by atoms with van der Waals surface area (Å²) in [6, 6.07) is 1.74. The average Bonchev–Trinajstić information content (AvgIpc) is 2.57. The molecule has 0 spiro atoms. The summed E-state index contributed by atoms with van der Waals surface area (Å²) in [5, 5.41) is 13.1. The molecular formula is C17H21ClN4O3. The molecule has 0 aromatic carbocycles. The van der Waals surface area contributed by atoms with E-state index in [4.69, 9.17) is 21.1 Å². The quantitative estimate of drug-likeness (QED) is 0.729. The summed E-state index contributed by atoms with van der Waals surface area (Å²) in [6.07, 6.45) is 4.93. The minimum Gasteiger partial charge on any atom is -0.468 e. The molecule has 0 bridgehead atoms. The molecule has 2 aromatic heterocycles. The van der Waals surface area contributed by atoms with Crippen LogP contribution in [0, 0.1) is 5.41 Å². The zero-order chi connectivity index (χ0) is 17.9. The van der Waals surface area contributed by atoms with E-state index in [1.807, 2.05) is 13.8 Å². The number of rotatable bonds is 7. The lowest BCUT2D eigenvalue weighted by Crippen LogP contribution is -2.38. The van der Waals surface area contributed by atoms with E-state index in [0.717, 1.165) is 11.3 Å². The molecule has 1 saturated heterocycles. The molecule has 0 radical (unpaired) electrons. The van der Waals surface area contributed by atoms with Crippen LogP contribution in [-0.4, -0.2) is 52.5 Å². The maximum Gasteiger partial charge on any atom is 0.232 e. The molecule has 1 aliphatic heterocycles. The number of pyridine rings is 1. The maximum absolute atomic E-state index is 9.42. The van der Waals surface area contributed by atoms with Gasteiger partial charge in [-0.05, 0) is 6.07 Å². The van der Waals surface area contributed by atoms with Gasteiger partial charge in [0.05, 0.1) is 31.3 Å². The second-order valence-corrected chi connectivity index (χ2v) is 7.13. The molecule has 0 amide bonds. The summed E-state index contributed by atoms with van der Waals surface area (Å²) in [7, 11) is 0. The van der Waals surface area contributed by atoms with Crippen LogP contribution in [0.2, 0.25) is 5.15 Å². The van der Waals surface area contributed by atoms with Gasteiger partial charge in [-0.2, -0.15) is 0 Å². The van der Waals surface area contributed by atoms with E-state index in [1.54, 1.807) is 24.7 Å². The normalized spacial score (nSPS) is 14.9. The Labute approximate surface area is 151 Å². The maximum atomic E-state index is 9.42. The Kier molecular flexibility index (Phi) is 5.36. The summed E-state index contributed by atoms with van der Waals surface area (Å²) in [5.74, 6) is 0.467. The molecular weight excluding hydrogens is 344 g/mol. The Balaban J connectivity index is 1.78. The number of hydrogen-bond acceptors (Lipinski definition) is 7. The number of hydrogen-bond donors (Lipinski definition) is 2. The third kappa shape index (κ3) is 4.56. The second-order valence-electron chi connectivity index (χ2n) is 6.75. The van der Waals surface area contributed by atoms with Crippen molar-refractivity contribution < 1.29 is 14.6 Å². The molecule has 0 saturated carbocycles. The molecule has 3 heterocycles. The van der Waals surface area contributed by atoms with Crippen molar-refractivity contribution in [2.24, 2.45) is 5.41 Å². The lowest BCUT2D eigenvalue weighted by atomic mass is 9.95. The standard InChI is InChI=1S/C17H21ClN4O3/c1-17(2,10-23)9-22-13-3-15(18)20-4-12(13)14-5-21-16(6-19-14)25-11-7-24-8-11/h3-6,11,23H,7-10H2,1-2H3,(H,20,22). The van der Waals surface area contributed by atoms with Crippen LogP contribution in [0.25, 0.3) is 11.3 Å². The highest BCUT2D eigenvalue weighted by molar-refractivity contribution is 6.29. The van der Waals surface area contributed by atoms with Gasteiger partial charge in [0.15, 0.2) is 0 Å². The Morgan fingerprint density at radius 3 is 2.68 bits per heavy atom. The molecule has 7 nitrogen and oxygen atoms in total. The molecule has 0 unspecified atom stereocenters. The van der Waals surface area contributed by atoms with E-state index in [9.17, 15) is 5.11 Å². The van der Waals surface area contributed by atoms with Crippen LogP contribution in [0.5, 0.6) is 5.88 Å². The largest absolute Gasteiger partial charge is 0.468 e. The van der Waals surface area contributed by atoms with Gasteiger partial charge in [-0.15, -0.1) is 0 Å². The first-order valence-corrected chi connectivity index (χ1v) is 8.42. The minimum absolute atomic E-state index is 0.0512. The zero-order valence-electron chi connectivity index (χ0n) is 14.2. The van der Waals surface area contributed by atoms with Crippen LogP contribution in [0.4, 0.5) is 5.69 Å². The van der Waals surface area contributed by atoms with E-state index in [2.05, 4.69) is 20.3 Å². The van der Waals surface area contributed by atoms with Gasteiger partial charge in [-0.1, -0.05) is 25.4 Å². The summed E-state index contributed by atoms with van der Waals surface area (Å²) in [6.45, 7) is 5.76. The number of nitrogens with zero attached hydrogens (tertiary/aromatic N) is 3. The van der Waals surface area contributed by atoms with Gasteiger partial charge in [0.1, 0.15) is 11.3 Å². The second kappa shape index (κ2) is 7.51. The van der Waals surface area contributed by atoms with Crippen molar-refractivity contribution in [3.8, 4) is 17.1 Å². The molecule has 0 aliphatic carbocycles. The highest BCUT2D eigenvalue weighted by atomic mass is 35.5. The minimum atomic E-state index is -0.263. The SMILES string of the molecule is CC(C)(CO)CNc1cc(Cl)ncc1-c1cnc(OC2COC2)cn1. The molecule has 0 atom stereocenters. The van der Waals surface area contributed by atoms with Crippen LogP contribution in [0.1, 0.15) is 13.8 Å². The summed E-state index contributed by atoms with van der Waals surface area (Å²) in [5.41, 5.74) is 1.97. The summed E-state index contributed by atoms with van der Waals surface area (Å²) >= 11 is 6.02. The van der Waals surface area contributed by atoms with Crippen LogP contribution < -0.4 is 10.1 Å². The number of ether oxygens (including phenoxy) is 2. The van der Waals surface area contributed by atoms with Crippen LogP contribution >= 0.6 is 11.6 Å². The van der Waals surface area contributed by atoms with Gasteiger partial charge < -0.3 is 19.9 Å². The van der Waals surface area contributed by atoms with E-state index < -0.39 is 0 Å². The number of aliphatic hydroxyl groups excluding tert-OH is 1. The van der Waals surface area contributed by atoms with Crippen molar-refractivity contribution in [2.75, 3.05) is 31.7 Å². The van der Waals surface area contributed by atoms with Crippen molar-refractivity contribution in [1.29, 1.82) is 0 Å². The molecule has 2 aromatic rings. The first kappa shape index (κ1) is 17.8. The first-order valence-electron chi connectivity index (χ1n) is 8.04. The topological polar surface area (TPSA) is 89.4 Å². The lowest BCUT2D eigenvalue weighted by Gasteiger charge is -2.26. The number of aromatic nitrogens is 3. The van der Waals surface area contributed by atoms with Gasteiger partial charge in [0.25, 0.3) is 0 Å². The lowest BCUT2D eigenvalue weighted by molar-refractivity contribution is -0.0814. The molecule has 25 heavy (non-hydrogen) atoms. The molecule has 3 rings (SSSR count). The van der Waals surface area contributed by atoms with Gasteiger partial charge in [-0.25, -0.2) is 15.0 Å². The Morgan fingerprint density at radius 1 is 1.28 bits per heavy atom. The monoisotopic (exact) mass is 364 g/mol. The third-order valence-corrected chi connectivity index (χ3v) is 4.06. The van der Waals surface area contributed by atoms with E-state index in [0.29, 0.717) is 36.5 Å². The van der Waals surface area contributed by atoms with Gasteiger partial charge in [0.2, 0.25) is 5.88 Å². The van der Waals surface area contributed by atoms with Gasteiger partial charge >= 0.3 is 0 Å². The molecule has 1 aliphatic rings. The number of nitrogens with one attached hydrogen (secondary N) is 1. The van der Waals surface area contributed by atoms with E-state index in [-0.39, 0.29) is 18.1 Å². The fourth-order valence-corrected chi connectivity index (χ4v) is 2.30. The predicted octanol–water partition coefficient (Wildman–Crippen LogP) is 2.40. The highest BCUT2D eigenvalue weighted by Gasteiger charge is 2.21. The predicted molar refractivity (Wildman–Crippen MR) is 94.9 cm³/mol. The third-order valence-electron chi connectivity index (χ3n) is 3.86. The van der Waals surface area contributed by atoms with Crippen LogP contribution in [-0.2, 0) is 4.74 Å². The average molecular weight is 365 g/mol. The highest BCUT2D eigenvalue weighted by Crippen LogP contribution is 2.29. The van der Waals surface area contributed by atoms with Crippen molar-refractivity contribution >= 4 is 17.3 Å². The smallest absolute Gasteiger partial charge is 0.232 e. The van der Waals surface area contributed by atoms with Crippen LogP contribution in [0.3, 0.4) is 0 Å². The summed E-state index contributed by atoms with van der Waals surface area (Å²) < 4.78 is 10.7. The van der Waals surface area contributed by atoms with E-state index in [1.165, 1.54) is 0 Å². The molecule has 8 heteroatoms. The van der Waals surface area contributed by atoms with Crippen molar-refractivity contribution in [3.05, 3.63) is 29.8 Å². The molecule has 134 valence electrons. The van der Waals surface area contributed by atoms with Crippen LogP contribution in [0.15, 0.2) is 24.7 Å². The van der Waals surface area contributed by atoms with Gasteiger partial charge in [-0.3, -0.25) is 0 Å². The fourth-order valence-electron chi connectivity index (χ4n) is 2.14. The Bertz CT molecular complexity index is 720. The Morgan fingerprint density at radius 2 is 2.08 bits per heavy atom. The summed E-state index contributed by atoms with van der Waals surface area (Å²) in [4.78, 5) is 12.8. The zero-order valence-corrected chi connectivity index (χ0v) is 15.0. The molecule has 1 fully saturated rings. The first-order chi connectivity index (χ1) is 12.0.